The van der Waals surface area contributed by atoms with Crippen molar-refractivity contribution in [3.8, 4) is 5.75 Å². The van der Waals surface area contributed by atoms with Crippen molar-refractivity contribution in [2.75, 3.05) is 20.7 Å². The lowest BCUT2D eigenvalue weighted by Crippen LogP contribution is -2.47. The molecule has 0 spiro atoms. The Balaban J connectivity index is 2.46. The summed E-state index contributed by atoms with van der Waals surface area (Å²) in [7, 11) is 3.30. The summed E-state index contributed by atoms with van der Waals surface area (Å²) in [5.41, 5.74) is 6.71. The number of hydrogen-bond donors (Lipinski definition) is 2. The molecule has 6 heteroatoms. The Morgan fingerprint density at radius 1 is 1.27 bits per heavy atom. The maximum absolute atomic E-state index is 12.0. The number of methoxy groups -OCH3 is 1. The van der Waals surface area contributed by atoms with Crippen LogP contribution in [0.25, 0.3) is 0 Å². The summed E-state index contributed by atoms with van der Waals surface area (Å²) < 4.78 is 5.09. The molecule has 0 heterocycles. The van der Waals surface area contributed by atoms with Crippen LogP contribution in [0.4, 0.5) is 0 Å². The molecule has 0 saturated heterocycles. The van der Waals surface area contributed by atoms with Gasteiger partial charge in [0.05, 0.1) is 19.7 Å². The van der Waals surface area contributed by atoms with Crippen molar-refractivity contribution in [1.29, 1.82) is 0 Å². The van der Waals surface area contributed by atoms with Crippen molar-refractivity contribution in [2.45, 2.75) is 26.4 Å². The average Bonchev–Trinajstić information content (AvgIpc) is 2.51. The van der Waals surface area contributed by atoms with E-state index in [2.05, 4.69) is 5.32 Å². The summed E-state index contributed by atoms with van der Waals surface area (Å²) in [6.07, 6.45) is 0. The van der Waals surface area contributed by atoms with Crippen LogP contribution in [-0.4, -0.2) is 43.5 Å². The Labute approximate surface area is 131 Å². The number of benzene rings is 1. The van der Waals surface area contributed by atoms with Crippen LogP contribution < -0.4 is 15.8 Å². The number of hydrogen-bond acceptors (Lipinski definition) is 4. The van der Waals surface area contributed by atoms with Crippen LogP contribution in [0.15, 0.2) is 24.3 Å². The number of likely N-dealkylation sites (N-methyl/N-ethyl adjacent to an activating group) is 1. The van der Waals surface area contributed by atoms with Crippen molar-refractivity contribution in [3.05, 3.63) is 29.8 Å². The van der Waals surface area contributed by atoms with Crippen LogP contribution in [0, 0.1) is 5.92 Å². The zero-order chi connectivity index (χ0) is 16.7. The highest BCUT2D eigenvalue weighted by Gasteiger charge is 2.18. The quantitative estimate of drug-likeness (QED) is 0.778. The van der Waals surface area contributed by atoms with Gasteiger partial charge in [0, 0.05) is 13.6 Å². The van der Waals surface area contributed by atoms with Gasteiger partial charge in [-0.05, 0) is 23.6 Å². The number of nitrogens with one attached hydrogen (secondary N) is 1. The smallest absolute Gasteiger partial charge is 0.242 e. The van der Waals surface area contributed by atoms with E-state index in [1.165, 1.54) is 0 Å². The van der Waals surface area contributed by atoms with E-state index in [0.29, 0.717) is 6.54 Å². The minimum atomic E-state index is -0.598. The van der Waals surface area contributed by atoms with Gasteiger partial charge in [0.25, 0.3) is 0 Å². The lowest BCUT2D eigenvalue weighted by atomic mass is 10.1. The summed E-state index contributed by atoms with van der Waals surface area (Å²) in [5.74, 6) is 0.334. The Hall–Kier alpha value is -2.08. The van der Waals surface area contributed by atoms with E-state index < -0.39 is 6.04 Å². The molecule has 0 aromatic heterocycles. The molecule has 0 saturated carbocycles. The van der Waals surface area contributed by atoms with Gasteiger partial charge < -0.3 is 20.7 Å². The number of rotatable bonds is 7. The largest absolute Gasteiger partial charge is 0.497 e. The Bertz CT molecular complexity index is 500. The maximum Gasteiger partial charge on any atom is 0.242 e. The van der Waals surface area contributed by atoms with Crippen LogP contribution in [-0.2, 0) is 16.1 Å². The van der Waals surface area contributed by atoms with Crippen LogP contribution in [0.3, 0.4) is 0 Å². The fourth-order valence-electron chi connectivity index (χ4n) is 1.81. The first-order chi connectivity index (χ1) is 10.3. The predicted molar refractivity (Wildman–Crippen MR) is 85.3 cm³/mol. The monoisotopic (exact) mass is 307 g/mol. The first-order valence-electron chi connectivity index (χ1n) is 7.25. The van der Waals surface area contributed by atoms with E-state index in [1.54, 1.807) is 19.1 Å². The molecule has 0 fully saturated rings. The molecule has 22 heavy (non-hydrogen) atoms. The molecule has 0 aliphatic carbocycles. The molecular formula is C16H25N3O3. The molecule has 1 rings (SSSR count). The van der Waals surface area contributed by atoms with Gasteiger partial charge in [-0.15, -0.1) is 0 Å². The fraction of sp³-hybridized carbons (Fsp3) is 0.500. The van der Waals surface area contributed by atoms with Crippen molar-refractivity contribution < 1.29 is 14.3 Å². The third-order valence-corrected chi connectivity index (χ3v) is 3.44. The van der Waals surface area contributed by atoms with Crippen LogP contribution in [0.5, 0.6) is 5.75 Å². The van der Waals surface area contributed by atoms with E-state index in [9.17, 15) is 9.59 Å². The predicted octanol–water partition coefficient (Wildman–Crippen LogP) is 0.753. The van der Waals surface area contributed by atoms with Crippen LogP contribution >= 0.6 is 0 Å². The van der Waals surface area contributed by atoms with Gasteiger partial charge in [-0.25, -0.2) is 0 Å². The number of amides is 2. The topological polar surface area (TPSA) is 84.7 Å². The molecular weight excluding hydrogens is 282 g/mol. The van der Waals surface area contributed by atoms with Gasteiger partial charge in [-0.1, -0.05) is 26.0 Å². The molecule has 1 atom stereocenters. The molecule has 122 valence electrons. The SMILES string of the molecule is COc1ccc(CN(C)C(=O)CNC(=O)[C@@H](N)C(C)C)cc1. The summed E-state index contributed by atoms with van der Waals surface area (Å²) in [4.78, 5) is 25.3. The second kappa shape index (κ2) is 8.38. The van der Waals surface area contributed by atoms with E-state index in [-0.39, 0.29) is 24.3 Å². The summed E-state index contributed by atoms with van der Waals surface area (Å²) >= 11 is 0. The summed E-state index contributed by atoms with van der Waals surface area (Å²) in [6.45, 7) is 4.14. The Morgan fingerprint density at radius 3 is 2.36 bits per heavy atom. The zero-order valence-corrected chi connectivity index (χ0v) is 13.6. The molecule has 0 aliphatic rings. The molecule has 0 aliphatic heterocycles. The fourth-order valence-corrected chi connectivity index (χ4v) is 1.81. The Kier molecular flexibility index (Phi) is 6.85. The molecule has 1 aromatic carbocycles. The van der Waals surface area contributed by atoms with E-state index in [4.69, 9.17) is 10.5 Å². The first kappa shape index (κ1) is 18.0. The normalized spacial score (nSPS) is 11.9. The molecule has 0 bridgehead atoms. The summed E-state index contributed by atoms with van der Waals surface area (Å²) in [5, 5.41) is 2.57. The van der Waals surface area contributed by atoms with Gasteiger partial charge >= 0.3 is 0 Å². The Morgan fingerprint density at radius 2 is 1.86 bits per heavy atom. The number of carbonyl (C=O) groups is 2. The highest BCUT2D eigenvalue weighted by Crippen LogP contribution is 2.12. The molecule has 6 nitrogen and oxygen atoms in total. The van der Waals surface area contributed by atoms with E-state index in [1.807, 2.05) is 38.1 Å². The highest BCUT2D eigenvalue weighted by atomic mass is 16.5. The van der Waals surface area contributed by atoms with Crippen molar-refractivity contribution in [1.82, 2.24) is 10.2 Å². The average molecular weight is 307 g/mol. The zero-order valence-electron chi connectivity index (χ0n) is 13.6. The van der Waals surface area contributed by atoms with Crippen LogP contribution in [0.1, 0.15) is 19.4 Å². The molecule has 0 radical (unpaired) electrons. The first-order valence-corrected chi connectivity index (χ1v) is 7.25. The minimum Gasteiger partial charge on any atom is -0.497 e. The van der Waals surface area contributed by atoms with Gasteiger partial charge in [-0.3, -0.25) is 9.59 Å². The molecule has 2 amide bonds. The summed E-state index contributed by atoms with van der Waals surface area (Å²) in [6, 6.07) is 6.89. The van der Waals surface area contributed by atoms with Crippen molar-refractivity contribution in [2.24, 2.45) is 11.7 Å². The lowest BCUT2D eigenvalue weighted by Gasteiger charge is -2.19. The van der Waals surface area contributed by atoms with Gasteiger partial charge in [0.2, 0.25) is 11.8 Å². The van der Waals surface area contributed by atoms with Crippen molar-refractivity contribution >= 4 is 11.8 Å². The van der Waals surface area contributed by atoms with Gasteiger partial charge in [0.15, 0.2) is 0 Å². The second-order valence-electron chi connectivity index (χ2n) is 5.59. The van der Waals surface area contributed by atoms with Crippen LogP contribution in [0.2, 0.25) is 0 Å². The number of nitrogens with two attached hydrogens (primary N) is 1. The van der Waals surface area contributed by atoms with Gasteiger partial charge in [-0.2, -0.15) is 0 Å². The van der Waals surface area contributed by atoms with E-state index >= 15 is 0 Å². The highest BCUT2D eigenvalue weighted by molar-refractivity contribution is 5.87. The second-order valence-corrected chi connectivity index (χ2v) is 5.59. The molecule has 0 unspecified atom stereocenters. The van der Waals surface area contributed by atoms with Gasteiger partial charge in [0.1, 0.15) is 5.75 Å². The number of carbonyl (C=O) groups excluding carboxylic acids is 2. The molecule has 1 aromatic rings. The molecule has 3 N–H and O–H groups in total. The third-order valence-electron chi connectivity index (χ3n) is 3.44. The van der Waals surface area contributed by atoms with E-state index in [0.717, 1.165) is 11.3 Å². The maximum atomic E-state index is 12.0. The number of nitrogens with zero attached hydrogens (tertiary/aromatic N) is 1. The lowest BCUT2D eigenvalue weighted by molar-refractivity contribution is -0.132. The minimum absolute atomic E-state index is 0.0344. The number of ether oxygens (including phenoxy) is 1. The standard InChI is InChI=1S/C16H25N3O3/c1-11(2)15(17)16(21)18-9-14(20)19(3)10-12-5-7-13(22-4)8-6-12/h5-8,11,15H,9-10,17H2,1-4H3,(H,18,21)/t15-/m0/s1. The van der Waals surface area contributed by atoms with Crippen molar-refractivity contribution in [3.63, 3.8) is 0 Å². The third kappa shape index (κ3) is 5.37.